The van der Waals surface area contributed by atoms with Crippen molar-refractivity contribution >= 4 is 44.1 Å². The van der Waals surface area contributed by atoms with E-state index in [-0.39, 0.29) is 0 Å². The summed E-state index contributed by atoms with van der Waals surface area (Å²) in [5.74, 6) is 0. The molecular formula is C8H3IN2S. The van der Waals surface area contributed by atoms with Crippen molar-refractivity contribution in [2.45, 2.75) is 0 Å². The third-order valence-corrected chi connectivity index (χ3v) is 3.74. The zero-order chi connectivity index (χ0) is 8.55. The number of halogens is 1. The van der Waals surface area contributed by atoms with Crippen molar-refractivity contribution in [2.75, 3.05) is 0 Å². The third-order valence-electron chi connectivity index (χ3n) is 1.46. The Balaban J connectivity index is 2.85. The second-order valence-electron chi connectivity index (χ2n) is 2.22. The minimum Gasteiger partial charge on any atom is -0.226 e. The molecular weight excluding hydrogens is 283 g/mol. The maximum Gasteiger partial charge on any atom is 0.195 e. The predicted molar refractivity (Wildman–Crippen MR) is 57.1 cm³/mol. The van der Waals surface area contributed by atoms with Crippen LogP contribution in [0, 0.1) is 14.9 Å². The lowest BCUT2D eigenvalue weighted by Crippen LogP contribution is -1.70. The van der Waals surface area contributed by atoms with Crippen LogP contribution in [0.15, 0.2) is 18.2 Å². The van der Waals surface area contributed by atoms with Crippen molar-refractivity contribution in [1.29, 1.82) is 5.26 Å². The molecule has 0 aliphatic rings. The van der Waals surface area contributed by atoms with E-state index in [0.717, 1.165) is 13.8 Å². The van der Waals surface area contributed by atoms with Gasteiger partial charge in [0.15, 0.2) is 5.01 Å². The van der Waals surface area contributed by atoms with E-state index in [4.69, 9.17) is 5.26 Å². The SMILES string of the molecule is N#Cc1nc2cccc(I)c2s1. The molecule has 0 aliphatic heterocycles. The topological polar surface area (TPSA) is 36.7 Å². The van der Waals surface area contributed by atoms with Gasteiger partial charge in [0.1, 0.15) is 6.07 Å². The van der Waals surface area contributed by atoms with E-state index in [0.29, 0.717) is 5.01 Å². The molecule has 0 amide bonds. The summed E-state index contributed by atoms with van der Waals surface area (Å²) in [5, 5.41) is 9.16. The van der Waals surface area contributed by atoms with Crippen molar-refractivity contribution in [1.82, 2.24) is 4.98 Å². The summed E-state index contributed by atoms with van der Waals surface area (Å²) in [4.78, 5) is 4.14. The molecule has 0 saturated carbocycles. The highest BCUT2D eigenvalue weighted by Crippen LogP contribution is 2.26. The normalized spacial score (nSPS) is 10.0. The van der Waals surface area contributed by atoms with Crippen LogP contribution in [0.2, 0.25) is 0 Å². The first-order valence-corrected chi connectivity index (χ1v) is 5.16. The van der Waals surface area contributed by atoms with Crippen molar-refractivity contribution in [3.63, 3.8) is 0 Å². The molecule has 1 aromatic carbocycles. The molecule has 0 fully saturated rings. The van der Waals surface area contributed by atoms with Gasteiger partial charge in [-0.25, -0.2) is 4.98 Å². The first kappa shape index (κ1) is 7.95. The van der Waals surface area contributed by atoms with Gasteiger partial charge in [-0.3, -0.25) is 0 Å². The zero-order valence-corrected chi connectivity index (χ0v) is 8.89. The van der Waals surface area contributed by atoms with Crippen LogP contribution in [0.3, 0.4) is 0 Å². The monoisotopic (exact) mass is 286 g/mol. The van der Waals surface area contributed by atoms with Crippen molar-refractivity contribution in [3.8, 4) is 6.07 Å². The fraction of sp³-hybridized carbons (Fsp3) is 0. The Hall–Kier alpha value is -0.670. The fourth-order valence-corrected chi connectivity index (χ4v) is 2.54. The predicted octanol–water partition coefficient (Wildman–Crippen LogP) is 2.77. The molecule has 12 heavy (non-hydrogen) atoms. The maximum atomic E-state index is 8.62. The van der Waals surface area contributed by atoms with E-state index in [1.807, 2.05) is 24.3 Å². The standard InChI is InChI=1S/C8H3IN2S/c9-5-2-1-3-6-8(5)12-7(4-10)11-6/h1-3H. The maximum absolute atomic E-state index is 8.62. The van der Waals surface area contributed by atoms with Gasteiger partial charge in [0.25, 0.3) is 0 Å². The van der Waals surface area contributed by atoms with Crippen molar-refractivity contribution < 1.29 is 0 Å². The van der Waals surface area contributed by atoms with Gasteiger partial charge in [-0.05, 0) is 34.7 Å². The van der Waals surface area contributed by atoms with Crippen LogP contribution >= 0.6 is 33.9 Å². The van der Waals surface area contributed by atoms with Gasteiger partial charge in [0.2, 0.25) is 0 Å². The lowest BCUT2D eigenvalue weighted by molar-refractivity contribution is 1.40. The number of hydrogen-bond donors (Lipinski definition) is 0. The Bertz CT molecular complexity index is 469. The minimum atomic E-state index is 0.536. The fourth-order valence-electron chi connectivity index (χ4n) is 0.963. The molecule has 0 aliphatic carbocycles. The van der Waals surface area contributed by atoms with E-state index in [9.17, 15) is 0 Å². The Morgan fingerprint density at radius 1 is 1.50 bits per heavy atom. The molecule has 0 radical (unpaired) electrons. The van der Waals surface area contributed by atoms with Crippen LogP contribution in [0.25, 0.3) is 10.2 Å². The van der Waals surface area contributed by atoms with E-state index in [2.05, 4.69) is 27.6 Å². The molecule has 1 aromatic heterocycles. The Kier molecular flexibility index (Phi) is 1.98. The van der Waals surface area contributed by atoms with E-state index >= 15 is 0 Å². The van der Waals surface area contributed by atoms with Crippen LogP contribution in [-0.2, 0) is 0 Å². The number of benzene rings is 1. The average molecular weight is 286 g/mol. The second-order valence-corrected chi connectivity index (χ2v) is 4.38. The van der Waals surface area contributed by atoms with Crippen molar-refractivity contribution in [3.05, 3.63) is 26.8 Å². The molecule has 2 rings (SSSR count). The minimum absolute atomic E-state index is 0.536. The molecule has 0 atom stereocenters. The lowest BCUT2D eigenvalue weighted by Gasteiger charge is -1.88. The third kappa shape index (κ3) is 1.19. The first-order chi connectivity index (χ1) is 5.81. The quantitative estimate of drug-likeness (QED) is 0.698. The molecule has 0 N–H and O–H groups in total. The number of thiazole rings is 1. The van der Waals surface area contributed by atoms with Gasteiger partial charge in [0, 0.05) is 3.57 Å². The number of fused-ring (bicyclic) bond motifs is 1. The highest BCUT2D eigenvalue weighted by atomic mass is 127. The van der Waals surface area contributed by atoms with Crippen LogP contribution in [0.1, 0.15) is 5.01 Å². The number of nitrogens with zero attached hydrogens (tertiary/aromatic N) is 2. The van der Waals surface area contributed by atoms with Gasteiger partial charge < -0.3 is 0 Å². The molecule has 4 heteroatoms. The number of nitriles is 1. The number of rotatable bonds is 0. The second kappa shape index (κ2) is 2.99. The summed E-state index contributed by atoms with van der Waals surface area (Å²) >= 11 is 3.69. The van der Waals surface area contributed by atoms with E-state index in [1.165, 1.54) is 11.3 Å². The number of hydrogen-bond acceptors (Lipinski definition) is 3. The molecule has 0 unspecified atom stereocenters. The van der Waals surface area contributed by atoms with Crippen molar-refractivity contribution in [2.24, 2.45) is 0 Å². The summed E-state index contributed by atoms with van der Waals surface area (Å²) in [6, 6.07) is 7.94. The summed E-state index contributed by atoms with van der Waals surface area (Å²) in [5.41, 5.74) is 0.920. The lowest BCUT2D eigenvalue weighted by atomic mass is 10.3. The number of aromatic nitrogens is 1. The summed E-state index contributed by atoms with van der Waals surface area (Å²) < 4.78 is 2.26. The van der Waals surface area contributed by atoms with E-state index < -0.39 is 0 Å². The molecule has 0 bridgehead atoms. The highest BCUT2D eigenvalue weighted by Gasteiger charge is 2.04. The smallest absolute Gasteiger partial charge is 0.195 e. The Morgan fingerprint density at radius 2 is 2.33 bits per heavy atom. The molecule has 2 nitrogen and oxygen atoms in total. The molecule has 0 saturated heterocycles. The zero-order valence-electron chi connectivity index (χ0n) is 5.91. The van der Waals surface area contributed by atoms with E-state index in [1.54, 1.807) is 0 Å². The van der Waals surface area contributed by atoms with Gasteiger partial charge in [0.05, 0.1) is 10.2 Å². The van der Waals surface area contributed by atoms with Gasteiger partial charge in [-0.2, -0.15) is 5.26 Å². The van der Waals surface area contributed by atoms with Gasteiger partial charge in [-0.15, -0.1) is 11.3 Å². The molecule has 58 valence electrons. The highest BCUT2D eigenvalue weighted by molar-refractivity contribution is 14.1. The summed E-state index contributed by atoms with van der Waals surface area (Å²) in [7, 11) is 0. The van der Waals surface area contributed by atoms with Gasteiger partial charge in [-0.1, -0.05) is 6.07 Å². The van der Waals surface area contributed by atoms with Gasteiger partial charge >= 0.3 is 0 Å². The van der Waals surface area contributed by atoms with Crippen LogP contribution in [0.5, 0.6) is 0 Å². The Labute approximate surface area is 87.0 Å². The molecule has 1 heterocycles. The van der Waals surface area contributed by atoms with Crippen LogP contribution in [0.4, 0.5) is 0 Å². The molecule has 2 aromatic rings. The van der Waals surface area contributed by atoms with Crippen LogP contribution < -0.4 is 0 Å². The molecule has 0 spiro atoms. The van der Waals surface area contributed by atoms with Crippen LogP contribution in [-0.4, -0.2) is 4.98 Å². The largest absolute Gasteiger partial charge is 0.226 e. The first-order valence-electron chi connectivity index (χ1n) is 3.26. The average Bonchev–Trinajstić information content (AvgIpc) is 2.49. The summed E-state index contributed by atoms with van der Waals surface area (Å²) in [6.45, 7) is 0. The Morgan fingerprint density at radius 3 is 3.00 bits per heavy atom. The summed E-state index contributed by atoms with van der Waals surface area (Å²) in [6.07, 6.45) is 0.